The Morgan fingerprint density at radius 1 is 0.478 bits per heavy atom. The van der Waals surface area contributed by atoms with Crippen LogP contribution in [-0.2, 0) is 38.1 Å². The summed E-state index contributed by atoms with van der Waals surface area (Å²) < 4.78 is 24.1. The highest BCUT2D eigenvalue weighted by molar-refractivity contribution is 5.84. The van der Waals surface area contributed by atoms with Crippen LogP contribution in [0.5, 0.6) is 0 Å². The molecular weight excluding hydrogens is 584 g/mol. The SMILES string of the molecule is COC(=O)CC1(OC(=O)C23CC4CC(C2)CC(C(=O)OC2(CC(=O)OC)C5CC6CC(C5)CC2C6)(C4)C3)C2CC3CC(C2)CC1C3. The maximum absolute atomic E-state index is 14.8. The smallest absolute Gasteiger partial charge is 0.312 e. The first-order valence-electron chi connectivity index (χ1n) is 18.7. The van der Waals surface area contributed by atoms with Crippen LogP contribution in [0.2, 0.25) is 0 Å². The van der Waals surface area contributed by atoms with E-state index in [-0.39, 0.29) is 72.2 Å². The summed E-state index contributed by atoms with van der Waals surface area (Å²) in [6.07, 6.45) is 15.6. The zero-order chi connectivity index (χ0) is 31.6. The molecular formula is C38H52O8. The van der Waals surface area contributed by atoms with Crippen LogP contribution in [0.3, 0.4) is 0 Å². The zero-order valence-electron chi connectivity index (χ0n) is 27.8. The first kappa shape index (κ1) is 30.0. The summed E-state index contributed by atoms with van der Waals surface area (Å²) in [5.74, 6) is 3.14. The van der Waals surface area contributed by atoms with Crippen LogP contribution in [0.25, 0.3) is 0 Å². The maximum atomic E-state index is 14.8. The molecule has 0 heterocycles. The Balaban J connectivity index is 1.01. The van der Waals surface area contributed by atoms with Gasteiger partial charge in [-0.05, 0) is 138 Å². The maximum Gasteiger partial charge on any atom is 0.312 e. The Labute approximate surface area is 272 Å². The van der Waals surface area contributed by atoms with Crippen molar-refractivity contribution in [2.75, 3.05) is 14.2 Å². The lowest BCUT2D eigenvalue weighted by molar-refractivity contribution is -0.243. The first-order valence-corrected chi connectivity index (χ1v) is 18.7. The van der Waals surface area contributed by atoms with Crippen LogP contribution in [0.15, 0.2) is 0 Å². The highest BCUT2D eigenvalue weighted by atomic mass is 16.6. The molecule has 0 N–H and O–H groups in total. The number of ether oxygens (including phenoxy) is 4. The lowest BCUT2D eigenvalue weighted by Gasteiger charge is -2.63. The average molecular weight is 637 g/mol. The largest absolute Gasteiger partial charge is 0.469 e. The van der Waals surface area contributed by atoms with Crippen molar-refractivity contribution in [1.29, 1.82) is 0 Å². The van der Waals surface area contributed by atoms with Gasteiger partial charge in [-0.15, -0.1) is 0 Å². The quantitative estimate of drug-likeness (QED) is 0.230. The third kappa shape index (κ3) is 4.28. The van der Waals surface area contributed by atoms with Gasteiger partial charge < -0.3 is 18.9 Å². The summed E-state index contributed by atoms with van der Waals surface area (Å²) in [5, 5.41) is 0. The van der Waals surface area contributed by atoms with Crippen LogP contribution >= 0.6 is 0 Å². The molecule has 252 valence electrons. The molecule has 0 amide bonds. The van der Waals surface area contributed by atoms with Crippen molar-refractivity contribution in [3.63, 3.8) is 0 Å². The molecule has 12 saturated carbocycles. The van der Waals surface area contributed by atoms with E-state index in [2.05, 4.69) is 0 Å². The molecule has 12 aliphatic carbocycles. The number of carbonyl (C=O) groups excluding carboxylic acids is 4. The fraction of sp³-hybridized carbons (Fsp3) is 0.895. The van der Waals surface area contributed by atoms with E-state index >= 15 is 0 Å². The molecule has 8 nitrogen and oxygen atoms in total. The summed E-state index contributed by atoms with van der Waals surface area (Å²) in [4.78, 5) is 55.3. The topological polar surface area (TPSA) is 105 Å². The molecule has 0 unspecified atom stereocenters. The lowest BCUT2D eigenvalue weighted by atomic mass is 9.44. The fourth-order valence-corrected chi connectivity index (χ4v) is 14.8. The fourth-order valence-electron chi connectivity index (χ4n) is 14.8. The van der Waals surface area contributed by atoms with Crippen LogP contribution in [0.1, 0.15) is 116 Å². The molecule has 0 radical (unpaired) electrons. The van der Waals surface area contributed by atoms with Gasteiger partial charge in [0.1, 0.15) is 11.2 Å². The van der Waals surface area contributed by atoms with Crippen LogP contribution < -0.4 is 0 Å². The first-order chi connectivity index (χ1) is 22.1. The van der Waals surface area contributed by atoms with Crippen molar-refractivity contribution in [2.24, 2.45) is 70.0 Å². The van der Waals surface area contributed by atoms with Crippen molar-refractivity contribution < 1.29 is 38.1 Å². The second-order valence-corrected chi connectivity index (χ2v) is 18.3. The number of methoxy groups -OCH3 is 2. The van der Waals surface area contributed by atoms with Gasteiger partial charge >= 0.3 is 23.9 Å². The van der Waals surface area contributed by atoms with E-state index in [1.165, 1.54) is 27.1 Å². The molecule has 0 spiro atoms. The molecule has 0 aromatic rings. The zero-order valence-corrected chi connectivity index (χ0v) is 27.8. The van der Waals surface area contributed by atoms with E-state index in [4.69, 9.17) is 18.9 Å². The van der Waals surface area contributed by atoms with E-state index in [9.17, 15) is 19.2 Å². The number of esters is 4. The number of carbonyl (C=O) groups is 4. The van der Waals surface area contributed by atoms with Gasteiger partial charge in [0.15, 0.2) is 0 Å². The standard InChI is InChI=1S/C38H52O8/c1-43-31(39)18-37(27-6-21-3-22(8-27)9-28(37)7-21)45-33(41)35-14-25-5-26(15-35)17-36(16-25,20-35)34(42)46-38(19-32(40)44-2)29-10-23-4-24(12-29)13-30(38)11-23/h21-30H,3-20H2,1-2H3. The van der Waals surface area contributed by atoms with Crippen LogP contribution in [0, 0.1) is 70.0 Å². The molecule has 0 aromatic carbocycles. The Morgan fingerprint density at radius 3 is 1.09 bits per heavy atom. The number of rotatable bonds is 8. The van der Waals surface area contributed by atoms with E-state index in [1.807, 2.05) is 0 Å². The Bertz CT molecular complexity index is 1170. The second-order valence-electron chi connectivity index (χ2n) is 18.3. The molecule has 12 fully saturated rings. The van der Waals surface area contributed by atoms with E-state index < -0.39 is 22.0 Å². The average Bonchev–Trinajstić information content (AvgIpc) is 3.00. The van der Waals surface area contributed by atoms with E-state index in [1.54, 1.807) is 0 Å². The second kappa shape index (κ2) is 10.2. The molecule has 0 atom stereocenters. The van der Waals surface area contributed by atoms with Crippen molar-refractivity contribution in [3.05, 3.63) is 0 Å². The van der Waals surface area contributed by atoms with E-state index in [0.717, 1.165) is 83.5 Å². The number of hydrogen-bond donors (Lipinski definition) is 0. The van der Waals surface area contributed by atoms with E-state index in [0.29, 0.717) is 30.1 Å². The summed E-state index contributed by atoms with van der Waals surface area (Å²) in [5.41, 5.74) is -3.03. The monoisotopic (exact) mass is 636 g/mol. The minimum absolute atomic E-state index is 0.140. The number of hydrogen-bond acceptors (Lipinski definition) is 8. The van der Waals surface area contributed by atoms with Gasteiger partial charge in [0.2, 0.25) is 0 Å². The highest BCUT2D eigenvalue weighted by Gasteiger charge is 2.69. The molecule has 46 heavy (non-hydrogen) atoms. The predicted molar refractivity (Wildman–Crippen MR) is 165 cm³/mol. The molecule has 12 bridgehead atoms. The van der Waals surface area contributed by atoms with Gasteiger partial charge in [-0.2, -0.15) is 0 Å². The molecule has 12 aliphatic rings. The Hall–Kier alpha value is -2.12. The third-order valence-electron chi connectivity index (χ3n) is 15.8. The Morgan fingerprint density at radius 2 is 0.783 bits per heavy atom. The highest BCUT2D eigenvalue weighted by Crippen LogP contribution is 2.69. The molecule has 0 saturated heterocycles. The molecule has 0 aromatic heterocycles. The lowest BCUT2D eigenvalue weighted by Crippen LogP contribution is -2.65. The molecule has 12 rings (SSSR count). The van der Waals surface area contributed by atoms with Crippen molar-refractivity contribution in [3.8, 4) is 0 Å². The minimum atomic E-state index is -0.792. The van der Waals surface area contributed by atoms with Gasteiger partial charge in [0, 0.05) is 23.7 Å². The third-order valence-corrected chi connectivity index (χ3v) is 15.8. The van der Waals surface area contributed by atoms with Gasteiger partial charge in [-0.3, -0.25) is 19.2 Å². The van der Waals surface area contributed by atoms with Gasteiger partial charge in [-0.25, -0.2) is 0 Å². The normalized spacial score (nSPS) is 51.6. The van der Waals surface area contributed by atoms with Crippen LogP contribution in [-0.4, -0.2) is 49.3 Å². The molecule has 8 heteroatoms. The minimum Gasteiger partial charge on any atom is -0.469 e. The van der Waals surface area contributed by atoms with Crippen molar-refractivity contribution in [2.45, 2.75) is 127 Å². The predicted octanol–water partition coefficient (Wildman–Crippen LogP) is 6.18. The van der Waals surface area contributed by atoms with Gasteiger partial charge in [0.25, 0.3) is 0 Å². The Kier molecular flexibility index (Phi) is 6.65. The van der Waals surface area contributed by atoms with Gasteiger partial charge in [0.05, 0.1) is 37.9 Å². The summed E-state index contributed by atoms with van der Waals surface area (Å²) in [6, 6.07) is 0. The van der Waals surface area contributed by atoms with Crippen LogP contribution in [0.4, 0.5) is 0 Å². The summed E-state index contributed by atoms with van der Waals surface area (Å²) in [6.45, 7) is 0. The summed E-state index contributed by atoms with van der Waals surface area (Å²) in [7, 11) is 2.86. The summed E-state index contributed by atoms with van der Waals surface area (Å²) >= 11 is 0. The van der Waals surface area contributed by atoms with Crippen molar-refractivity contribution >= 4 is 23.9 Å². The van der Waals surface area contributed by atoms with Crippen molar-refractivity contribution in [1.82, 2.24) is 0 Å². The van der Waals surface area contributed by atoms with Gasteiger partial charge in [-0.1, -0.05) is 0 Å². The molecule has 0 aliphatic heterocycles.